The van der Waals surface area contributed by atoms with Crippen LogP contribution in [0.5, 0.6) is 11.6 Å². The van der Waals surface area contributed by atoms with Gasteiger partial charge in [0.2, 0.25) is 5.95 Å². The fourth-order valence-electron chi connectivity index (χ4n) is 6.11. The third-order valence-corrected chi connectivity index (χ3v) is 8.53. The van der Waals surface area contributed by atoms with Gasteiger partial charge in [-0.3, -0.25) is 9.58 Å². The number of hydrogen-bond donors (Lipinski definition) is 1. The van der Waals surface area contributed by atoms with Crippen molar-refractivity contribution in [3.05, 3.63) is 48.7 Å². The standard InChI is InChI=1S/C32H38F3N11O4/c1-22(18-45-21-39-42-43-45)50-29-14-23(2-3-24(29)15-36)25-16-37-31(38-17-25)40-28-19-46(41-30(28)49-13-12-48-20-32(33,34)35)27-6-4-26(5-7-27)44-8-10-47-11-9-44/h2-3,14,16-17,19,21-22,26-27H,4-13,18,20H2,1H3,(H,37,38,40)/t22-,26?,27?/m0/s1. The van der Waals surface area contributed by atoms with E-state index < -0.39 is 12.8 Å². The minimum atomic E-state index is -4.42. The van der Waals surface area contributed by atoms with E-state index in [0.29, 0.717) is 35.2 Å². The molecule has 1 aliphatic carbocycles. The van der Waals surface area contributed by atoms with Crippen LogP contribution in [0.25, 0.3) is 11.1 Å². The molecule has 0 unspecified atom stereocenters. The van der Waals surface area contributed by atoms with Gasteiger partial charge in [-0.15, -0.1) is 10.2 Å². The van der Waals surface area contributed by atoms with Gasteiger partial charge in [0.05, 0.1) is 44.2 Å². The first-order valence-electron chi connectivity index (χ1n) is 16.4. The number of halogens is 3. The predicted molar refractivity (Wildman–Crippen MR) is 172 cm³/mol. The average molecular weight is 698 g/mol. The number of alkyl halides is 3. The van der Waals surface area contributed by atoms with Gasteiger partial charge in [-0.1, -0.05) is 6.07 Å². The zero-order valence-corrected chi connectivity index (χ0v) is 27.5. The molecule has 18 heteroatoms. The highest BCUT2D eigenvalue weighted by Gasteiger charge is 2.30. The van der Waals surface area contributed by atoms with Gasteiger partial charge in [0.1, 0.15) is 43.2 Å². The summed E-state index contributed by atoms with van der Waals surface area (Å²) in [5.74, 6) is 0.885. The second-order valence-corrected chi connectivity index (χ2v) is 12.2. The van der Waals surface area contributed by atoms with Gasteiger partial charge in [0.15, 0.2) is 0 Å². The Balaban J connectivity index is 1.13. The Morgan fingerprint density at radius 2 is 1.82 bits per heavy atom. The van der Waals surface area contributed by atoms with E-state index in [0.717, 1.165) is 57.6 Å². The van der Waals surface area contributed by atoms with E-state index >= 15 is 0 Å². The van der Waals surface area contributed by atoms with Gasteiger partial charge in [0, 0.05) is 37.1 Å². The van der Waals surface area contributed by atoms with E-state index in [1.165, 1.54) is 6.33 Å². The van der Waals surface area contributed by atoms with Crippen molar-refractivity contribution >= 4 is 11.6 Å². The molecule has 0 amide bonds. The lowest BCUT2D eigenvalue weighted by Gasteiger charge is -2.38. The number of rotatable bonds is 14. The van der Waals surface area contributed by atoms with Crippen LogP contribution >= 0.6 is 0 Å². The van der Waals surface area contributed by atoms with E-state index in [-0.39, 0.29) is 37.2 Å². The molecule has 15 nitrogen and oxygen atoms in total. The monoisotopic (exact) mass is 697 g/mol. The highest BCUT2D eigenvalue weighted by molar-refractivity contribution is 5.67. The molecule has 3 aromatic heterocycles. The Hall–Kier alpha value is -4.86. The molecule has 50 heavy (non-hydrogen) atoms. The lowest BCUT2D eigenvalue weighted by atomic mass is 9.90. The molecule has 1 saturated heterocycles. The molecule has 2 fully saturated rings. The van der Waals surface area contributed by atoms with Crippen LogP contribution in [0.4, 0.5) is 24.8 Å². The summed E-state index contributed by atoms with van der Waals surface area (Å²) in [6.07, 6.45) is 5.74. The van der Waals surface area contributed by atoms with Crippen LogP contribution in [0.2, 0.25) is 0 Å². The Kier molecular flexibility index (Phi) is 11.4. The molecule has 0 spiro atoms. The molecule has 0 radical (unpaired) electrons. The maximum absolute atomic E-state index is 12.5. The van der Waals surface area contributed by atoms with Crippen LogP contribution in [0.15, 0.2) is 43.1 Å². The average Bonchev–Trinajstić information content (AvgIpc) is 3.78. The number of nitrogens with one attached hydrogen (secondary N) is 1. The third kappa shape index (κ3) is 9.43. The number of benzene rings is 1. The molecule has 266 valence electrons. The molecular formula is C32H38F3N11O4. The SMILES string of the molecule is C[C@@H](Cn1cnnn1)Oc1cc(-c2cnc(Nc3cn(C4CCC(N5CCOCC5)CC4)nc3OCCOCC(F)(F)F)nc2)ccc1C#N. The summed E-state index contributed by atoms with van der Waals surface area (Å²) in [4.78, 5) is 11.5. The second-order valence-electron chi connectivity index (χ2n) is 12.2. The van der Waals surface area contributed by atoms with Crippen LogP contribution in [-0.2, 0) is 16.0 Å². The number of morpholine rings is 1. The molecule has 4 heterocycles. The smallest absolute Gasteiger partial charge is 0.411 e. The van der Waals surface area contributed by atoms with Crippen LogP contribution in [0.1, 0.15) is 44.2 Å². The second kappa shape index (κ2) is 16.2. The topological polar surface area (TPSA) is 163 Å². The minimum Gasteiger partial charge on any atom is -0.487 e. The summed E-state index contributed by atoms with van der Waals surface area (Å²) in [7, 11) is 0. The molecule has 1 atom stereocenters. The first kappa shape index (κ1) is 35.0. The maximum atomic E-state index is 12.5. The van der Waals surface area contributed by atoms with E-state index in [4.69, 9.17) is 18.9 Å². The molecule has 1 aliphatic heterocycles. The molecule has 0 bridgehead atoms. The molecule has 1 aromatic carbocycles. The summed E-state index contributed by atoms with van der Waals surface area (Å²) in [5.41, 5.74) is 2.28. The van der Waals surface area contributed by atoms with Crippen molar-refractivity contribution in [1.29, 1.82) is 5.26 Å². The first-order chi connectivity index (χ1) is 24.2. The van der Waals surface area contributed by atoms with Crippen LogP contribution in [0, 0.1) is 11.3 Å². The Labute approximate surface area is 286 Å². The summed E-state index contributed by atoms with van der Waals surface area (Å²) < 4.78 is 63.1. The zero-order valence-electron chi connectivity index (χ0n) is 27.5. The number of nitrogens with zero attached hydrogens (tertiary/aromatic N) is 10. The summed E-state index contributed by atoms with van der Waals surface area (Å²) >= 11 is 0. The Morgan fingerprint density at radius 1 is 1.06 bits per heavy atom. The number of hydrogen-bond acceptors (Lipinski definition) is 13. The first-order valence-corrected chi connectivity index (χ1v) is 16.4. The van der Waals surface area contributed by atoms with Gasteiger partial charge in [-0.05, 0) is 60.7 Å². The number of aromatic nitrogens is 8. The number of anilines is 2. The van der Waals surface area contributed by atoms with Crippen molar-refractivity contribution < 1.29 is 32.1 Å². The van der Waals surface area contributed by atoms with Gasteiger partial charge in [-0.2, -0.15) is 18.4 Å². The maximum Gasteiger partial charge on any atom is 0.411 e. The fourth-order valence-corrected chi connectivity index (χ4v) is 6.11. The van der Waals surface area contributed by atoms with E-state index in [1.54, 1.807) is 35.3 Å². The van der Waals surface area contributed by atoms with Gasteiger partial charge in [-0.25, -0.2) is 14.6 Å². The molecule has 2 aliphatic rings. The van der Waals surface area contributed by atoms with Crippen LogP contribution in [-0.4, -0.2) is 109 Å². The van der Waals surface area contributed by atoms with Crippen molar-refractivity contribution in [3.8, 4) is 28.8 Å². The Morgan fingerprint density at radius 3 is 2.52 bits per heavy atom. The Bertz CT molecular complexity index is 1700. The van der Waals surface area contributed by atoms with E-state index in [1.807, 2.05) is 17.8 Å². The predicted octanol–water partition coefficient (Wildman–Crippen LogP) is 4.18. The van der Waals surface area contributed by atoms with Crippen molar-refractivity contribution in [2.45, 2.75) is 63.5 Å². The lowest BCUT2D eigenvalue weighted by molar-refractivity contribution is -0.175. The number of nitriles is 1. The van der Waals surface area contributed by atoms with Gasteiger partial charge >= 0.3 is 6.18 Å². The van der Waals surface area contributed by atoms with Gasteiger partial charge < -0.3 is 24.3 Å². The number of ether oxygens (including phenoxy) is 4. The molecule has 4 aromatic rings. The highest BCUT2D eigenvalue weighted by Crippen LogP contribution is 2.35. The summed E-state index contributed by atoms with van der Waals surface area (Å²) in [6.45, 7) is 3.93. The summed E-state index contributed by atoms with van der Waals surface area (Å²) in [5, 5.41) is 28.6. The molecule has 1 N–H and O–H groups in total. The molecule has 1 saturated carbocycles. The fraction of sp³-hybridized carbons (Fsp3) is 0.531. The normalized spacial score (nSPS) is 19.1. The largest absolute Gasteiger partial charge is 0.487 e. The molecule has 6 rings (SSSR count). The van der Waals surface area contributed by atoms with Crippen LogP contribution in [0.3, 0.4) is 0 Å². The van der Waals surface area contributed by atoms with E-state index in [2.05, 4.69) is 46.9 Å². The third-order valence-electron chi connectivity index (χ3n) is 8.53. The quantitative estimate of drug-likeness (QED) is 0.187. The van der Waals surface area contributed by atoms with E-state index in [9.17, 15) is 18.4 Å². The van der Waals surface area contributed by atoms with Gasteiger partial charge in [0.25, 0.3) is 5.88 Å². The summed E-state index contributed by atoms with van der Waals surface area (Å²) in [6, 6.07) is 8.01. The van der Waals surface area contributed by atoms with Crippen molar-refractivity contribution in [3.63, 3.8) is 0 Å². The van der Waals surface area contributed by atoms with Crippen molar-refractivity contribution in [2.75, 3.05) is 51.4 Å². The number of tetrazole rings is 1. The highest BCUT2D eigenvalue weighted by atomic mass is 19.4. The van der Waals surface area contributed by atoms with Crippen molar-refractivity contribution in [2.24, 2.45) is 0 Å². The zero-order chi connectivity index (χ0) is 34.9. The van der Waals surface area contributed by atoms with Crippen molar-refractivity contribution in [1.82, 2.24) is 44.9 Å². The van der Waals surface area contributed by atoms with Crippen LogP contribution < -0.4 is 14.8 Å². The molecular weight excluding hydrogens is 659 g/mol. The minimum absolute atomic E-state index is 0.122. The lowest BCUT2D eigenvalue weighted by Crippen LogP contribution is -2.45.